The maximum Gasteiger partial charge on any atom is 0.217 e. The number of carbonyl (C=O) groups excluding carboxylic acids is 2. The molecule has 0 aliphatic carbocycles. The van der Waals surface area contributed by atoms with Crippen LogP contribution in [0, 0.1) is 5.82 Å². The lowest BCUT2D eigenvalue weighted by Gasteiger charge is -2.10. The molecule has 0 aromatic heterocycles. The lowest BCUT2D eigenvalue weighted by atomic mass is 10.1. The molecule has 3 nitrogen and oxygen atoms in total. The monoisotopic (exact) mass is 208 g/mol. The predicted octanol–water partition coefficient (Wildman–Crippen LogP) is 1.53. The average Bonchev–Trinajstić information content (AvgIpc) is 2.17. The van der Waals surface area contributed by atoms with Crippen molar-refractivity contribution in [3.8, 4) is 0 Å². The summed E-state index contributed by atoms with van der Waals surface area (Å²) in [6, 6.07) is 4.64. The molecule has 0 radical (unpaired) electrons. The standard InChI is InChI=1S/C11H12FNO2/c1-7(13-8(2)14)11(15)9-3-5-10(12)6-4-9/h3-7H,1-2H3,(H,13,14)/i12-1. The van der Waals surface area contributed by atoms with Crippen LogP contribution in [0.5, 0.6) is 0 Å². The molecule has 0 saturated heterocycles. The fraction of sp³-hybridized carbons (Fsp3) is 0.273. The van der Waals surface area contributed by atoms with Gasteiger partial charge in [-0.2, -0.15) is 0 Å². The van der Waals surface area contributed by atoms with E-state index in [1.165, 1.54) is 31.2 Å². The second-order valence-electron chi connectivity index (χ2n) is 3.29. The molecule has 1 N–H and O–H groups in total. The fourth-order valence-electron chi connectivity index (χ4n) is 1.23. The highest BCUT2D eigenvalue weighted by atomic mass is 18.2. The van der Waals surface area contributed by atoms with Crippen molar-refractivity contribution in [3.63, 3.8) is 0 Å². The van der Waals surface area contributed by atoms with Gasteiger partial charge in [0.1, 0.15) is 5.82 Å². The normalized spacial score (nSPS) is 11.9. The van der Waals surface area contributed by atoms with E-state index in [1.807, 2.05) is 0 Å². The van der Waals surface area contributed by atoms with E-state index in [-0.39, 0.29) is 11.7 Å². The second kappa shape index (κ2) is 4.68. The van der Waals surface area contributed by atoms with Gasteiger partial charge >= 0.3 is 0 Å². The third-order valence-electron chi connectivity index (χ3n) is 1.94. The van der Waals surface area contributed by atoms with E-state index in [2.05, 4.69) is 5.32 Å². The zero-order chi connectivity index (χ0) is 11.4. The lowest BCUT2D eigenvalue weighted by Crippen LogP contribution is -2.37. The summed E-state index contributed by atoms with van der Waals surface area (Å²) in [6.45, 7) is 2.93. The maximum absolute atomic E-state index is 12.6. The SMILES string of the molecule is CC(=O)NC(C)C(=O)c1ccc([18F])cc1. The first-order valence-electron chi connectivity index (χ1n) is 4.57. The highest BCUT2D eigenvalue weighted by Gasteiger charge is 2.15. The zero-order valence-corrected chi connectivity index (χ0v) is 8.58. The Morgan fingerprint density at radius 2 is 1.80 bits per heavy atom. The van der Waals surface area contributed by atoms with Gasteiger partial charge in [-0.3, -0.25) is 9.59 Å². The molecule has 4 heteroatoms. The van der Waals surface area contributed by atoms with Gasteiger partial charge in [0.15, 0.2) is 5.78 Å². The summed E-state index contributed by atoms with van der Waals surface area (Å²) in [4.78, 5) is 22.4. The number of hydrogen-bond donors (Lipinski definition) is 1. The predicted molar refractivity (Wildman–Crippen MR) is 54.0 cm³/mol. The Morgan fingerprint density at radius 1 is 1.27 bits per heavy atom. The van der Waals surface area contributed by atoms with E-state index in [1.54, 1.807) is 6.92 Å². The van der Waals surface area contributed by atoms with E-state index in [0.717, 1.165) is 0 Å². The van der Waals surface area contributed by atoms with E-state index in [0.29, 0.717) is 5.56 Å². The number of carbonyl (C=O) groups is 2. The number of hydrogen-bond acceptors (Lipinski definition) is 2. The molecule has 0 aliphatic heterocycles. The van der Waals surface area contributed by atoms with Crippen molar-refractivity contribution in [2.45, 2.75) is 19.9 Å². The first-order chi connectivity index (χ1) is 7.00. The Bertz CT molecular complexity index is 373. The van der Waals surface area contributed by atoms with Crippen molar-refractivity contribution in [2.75, 3.05) is 0 Å². The summed E-state index contributed by atoms with van der Waals surface area (Å²) in [5.41, 5.74) is 0.387. The van der Waals surface area contributed by atoms with Gasteiger partial charge in [0.05, 0.1) is 6.04 Å². The van der Waals surface area contributed by atoms with Crippen LogP contribution < -0.4 is 5.32 Å². The minimum Gasteiger partial charge on any atom is -0.346 e. The van der Waals surface area contributed by atoms with Gasteiger partial charge in [-0.1, -0.05) is 0 Å². The summed E-state index contributed by atoms with van der Waals surface area (Å²) >= 11 is 0. The second-order valence-corrected chi connectivity index (χ2v) is 3.29. The lowest BCUT2D eigenvalue weighted by molar-refractivity contribution is -0.119. The van der Waals surface area contributed by atoms with Crippen molar-refractivity contribution >= 4 is 11.7 Å². The van der Waals surface area contributed by atoms with Crippen molar-refractivity contribution in [2.24, 2.45) is 0 Å². The molecular formula is C11H12FNO2. The van der Waals surface area contributed by atoms with Crippen LogP contribution in [0.1, 0.15) is 24.2 Å². The van der Waals surface area contributed by atoms with Crippen LogP contribution in [0.15, 0.2) is 24.3 Å². The first kappa shape index (κ1) is 11.4. The third-order valence-corrected chi connectivity index (χ3v) is 1.94. The van der Waals surface area contributed by atoms with Crippen molar-refractivity contribution in [1.82, 2.24) is 5.32 Å². The molecule has 0 heterocycles. The van der Waals surface area contributed by atoms with Crippen LogP contribution in [0.2, 0.25) is 0 Å². The Kier molecular flexibility index (Phi) is 3.55. The van der Waals surface area contributed by atoms with Gasteiger partial charge < -0.3 is 5.32 Å². The molecular weight excluding hydrogens is 196 g/mol. The molecule has 0 aliphatic rings. The zero-order valence-electron chi connectivity index (χ0n) is 8.58. The Balaban J connectivity index is 2.76. The molecule has 1 rings (SSSR count). The number of halogens is 1. The minimum atomic E-state index is -0.590. The van der Waals surface area contributed by atoms with Crippen LogP contribution in [-0.4, -0.2) is 17.7 Å². The van der Waals surface area contributed by atoms with Crippen molar-refractivity contribution in [1.29, 1.82) is 0 Å². The largest absolute Gasteiger partial charge is 0.346 e. The van der Waals surface area contributed by atoms with E-state index in [4.69, 9.17) is 0 Å². The molecule has 0 spiro atoms. The van der Waals surface area contributed by atoms with Gasteiger partial charge in [0, 0.05) is 12.5 Å². The Labute approximate surface area is 87.3 Å². The van der Waals surface area contributed by atoms with Crippen LogP contribution >= 0.6 is 0 Å². The number of amides is 1. The molecule has 80 valence electrons. The molecule has 1 amide bonds. The Hall–Kier alpha value is -1.71. The summed E-state index contributed by atoms with van der Waals surface area (Å²) in [7, 11) is 0. The third kappa shape index (κ3) is 3.16. The summed E-state index contributed by atoms with van der Waals surface area (Å²) in [6.07, 6.45) is 0. The topological polar surface area (TPSA) is 46.2 Å². The molecule has 1 aromatic carbocycles. The van der Waals surface area contributed by atoms with Gasteiger partial charge in [0.2, 0.25) is 5.91 Å². The highest BCUT2D eigenvalue weighted by Crippen LogP contribution is 2.05. The summed E-state index contributed by atoms with van der Waals surface area (Å²) in [5.74, 6) is -0.887. The summed E-state index contributed by atoms with van der Waals surface area (Å²) < 4.78 is 12.6. The smallest absolute Gasteiger partial charge is 0.217 e. The maximum atomic E-state index is 12.6. The van der Waals surface area contributed by atoms with Crippen LogP contribution in [-0.2, 0) is 4.79 Å². The number of Topliss-reactive ketones (excluding diaryl/α,β-unsaturated/α-hetero) is 1. The number of nitrogens with one attached hydrogen (secondary N) is 1. The minimum absolute atomic E-state index is 0.231. The molecule has 1 atom stereocenters. The number of benzene rings is 1. The molecule has 15 heavy (non-hydrogen) atoms. The molecule has 0 fully saturated rings. The fourth-order valence-corrected chi connectivity index (χ4v) is 1.23. The first-order valence-corrected chi connectivity index (χ1v) is 4.57. The molecule has 0 bridgehead atoms. The summed E-state index contributed by atoms with van der Waals surface area (Å²) in [5, 5.41) is 2.47. The van der Waals surface area contributed by atoms with E-state index >= 15 is 0 Å². The van der Waals surface area contributed by atoms with Crippen LogP contribution in [0.25, 0.3) is 0 Å². The van der Waals surface area contributed by atoms with Crippen LogP contribution in [0.4, 0.5) is 4.39 Å². The van der Waals surface area contributed by atoms with E-state index in [9.17, 15) is 14.0 Å². The molecule has 0 saturated carbocycles. The molecule has 1 unspecified atom stereocenters. The van der Waals surface area contributed by atoms with Crippen LogP contribution in [0.3, 0.4) is 0 Å². The van der Waals surface area contributed by atoms with Crippen molar-refractivity contribution in [3.05, 3.63) is 35.6 Å². The van der Waals surface area contributed by atoms with Gasteiger partial charge in [-0.15, -0.1) is 0 Å². The number of rotatable bonds is 3. The average molecular weight is 208 g/mol. The number of ketones is 1. The van der Waals surface area contributed by atoms with Gasteiger partial charge in [-0.25, -0.2) is 4.39 Å². The quantitative estimate of drug-likeness (QED) is 0.766. The van der Waals surface area contributed by atoms with Gasteiger partial charge in [-0.05, 0) is 31.2 Å². The van der Waals surface area contributed by atoms with Crippen molar-refractivity contribution < 1.29 is 14.0 Å². The van der Waals surface area contributed by atoms with E-state index < -0.39 is 11.9 Å². The Morgan fingerprint density at radius 3 is 2.27 bits per heavy atom. The molecule has 1 aromatic rings. The highest BCUT2D eigenvalue weighted by molar-refractivity contribution is 6.01. The van der Waals surface area contributed by atoms with Gasteiger partial charge in [0.25, 0.3) is 0 Å².